The molecule has 0 aliphatic heterocycles. The van der Waals surface area contributed by atoms with Gasteiger partial charge in [0.2, 0.25) is 0 Å². The van der Waals surface area contributed by atoms with Gasteiger partial charge in [0, 0.05) is 4.90 Å². The van der Waals surface area contributed by atoms with Gasteiger partial charge in [-0.25, -0.2) is 5.43 Å². The molecule has 0 saturated carbocycles. The number of hydrazine groups is 1. The van der Waals surface area contributed by atoms with Gasteiger partial charge in [0.1, 0.15) is 0 Å². The summed E-state index contributed by atoms with van der Waals surface area (Å²) in [5.41, 5.74) is 5.22. The summed E-state index contributed by atoms with van der Waals surface area (Å²) in [6.45, 7) is 0. The van der Waals surface area contributed by atoms with Gasteiger partial charge in [0.15, 0.2) is 0 Å². The number of hydrogen-bond acceptors (Lipinski definition) is 3. The Balaban J connectivity index is 2.29. The van der Waals surface area contributed by atoms with Crippen LogP contribution < -0.4 is 11.3 Å². The van der Waals surface area contributed by atoms with Crippen LogP contribution in [0.1, 0.15) is 17.2 Å². The number of thioether (sulfide) groups is 1. The van der Waals surface area contributed by atoms with Crippen molar-refractivity contribution < 1.29 is 0 Å². The van der Waals surface area contributed by atoms with Gasteiger partial charge in [-0.1, -0.05) is 42.5 Å². The average Bonchev–Trinajstić information content (AvgIpc) is 2.42. The Kier molecular flexibility index (Phi) is 4.20. The summed E-state index contributed by atoms with van der Waals surface area (Å²) in [6.07, 6.45) is 2.07. The Morgan fingerprint density at radius 1 is 0.941 bits per heavy atom. The molecular formula is C14H16N2S. The van der Waals surface area contributed by atoms with Crippen LogP contribution >= 0.6 is 11.8 Å². The quantitative estimate of drug-likeness (QED) is 0.493. The largest absolute Gasteiger partial charge is 0.271 e. The first kappa shape index (κ1) is 12.2. The fourth-order valence-electron chi connectivity index (χ4n) is 1.83. The third-order valence-electron chi connectivity index (χ3n) is 2.75. The smallest absolute Gasteiger partial charge is 0.0710 e. The van der Waals surface area contributed by atoms with Gasteiger partial charge in [-0.2, -0.15) is 0 Å². The predicted octanol–water partition coefficient (Wildman–Crippen LogP) is 2.96. The van der Waals surface area contributed by atoms with Crippen molar-refractivity contribution in [2.75, 3.05) is 6.26 Å². The lowest BCUT2D eigenvalue weighted by molar-refractivity contribution is 0.636. The third-order valence-corrected chi connectivity index (χ3v) is 3.49. The van der Waals surface area contributed by atoms with Crippen molar-refractivity contribution in [3.63, 3.8) is 0 Å². The van der Waals surface area contributed by atoms with Crippen molar-refractivity contribution in [1.29, 1.82) is 0 Å². The average molecular weight is 244 g/mol. The molecule has 17 heavy (non-hydrogen) atoms. The van der Waals surface area contributed by atoms with Crippen LogP contribution in [-0.4, -0.2) is 6.26 Å². The summed E-state index contributed by atoms with van der Waals surface area (Å²) in [5.74, 6) is 5.65. The monoisotopic (exact) mass is 244 g/mol. The summed E-state index contributed by atoms with van der Waals surface area (Å²) in [5, 5.41) is 0. The van der Waals surface area contributed by atoms with E-state index < -0.39 is 0 Å². The molecule has 2 nitrogen and oxygen atoms in total. The van der Waals surface area contributed by atoms with Crippen LogP contribution in [0.5, 0.6) is 0 Å². The van der Waals surface area contributed by atoms with E-state index in [1.807, 2.05) is 18.2 Å². The molecule has 0 amide bonds. The molecule has 3 heteroatoms. The van der Waals surface area contributed by atoms with Gasteiger partial charge in [-0.3, -0.25) is 5.84 Å². The topological polar surface area (TPSA) is 38.0 Å². The molecule has 0 aliphatic carbocycles. The maximum atomic E-state index is 5.65. The van der Waals surface area contributed by atoms with Crippen molar-refractivity contribution >= 4 is 11.8 Å². The Morgan fingerprint density at radius 3 is 2.06 bits per heavy atom. The van der Waals surface area contributed by atoms with E-state index in [0.717, 1.165) is 0 Å². The molecule has 2 rings (SSSR count). The Bertz CT molecular complexity index is 453. The fraction of sp³-hybridized carbons (Fsp3) is 0.143. The second-order valence-electron chi connectivity index (χ2n) is 3.78. The molecule has 2 aromatic rings. The zero-order valence-electron chi connectivity index (χ0n) is 9.76. The zero-order chi connectivity index (χ0) is 12.1. The lowest BCUT2D eigenvalue weighted by Crippen LogP contribution is -2.28. The lowest BCUT2D eigenvalue weighted by atomic mass is 10.00. The Labute approximate surface area is 106 Å². The molecule has 0 radical (unpaired) electrons. The molecule has 88 valence electrons. The van der Waals surface area contributed by atoms with E-state index in [0.29, 0.717) is 0 Å². The van der Waals surface area contributed by atoms with Crippen molar-refractivity contribution in [3.8, 4) is 0 Å². The van der Waals surface area contributed by atoms with Crippen LogP contribution in [0.4, 0.5) is 0 Å². The van der Waals surface area contributed by atoms with Gasteiger partial charge in [-0.15, -0.1) is 11.8 Å². The minimum absolute atomic E-state index is 0.0482. The second-order valence-corrected chi connectivity index (χ2v) is 4.66. The highest BCUT2D eigenvalue weighted by molar-refractivity contribution is 7.98. The molecule has 0 aromatic heterocycles. The lowest BCUT2D eigenvalue weighted by Gasteiger charge is -2.17. The molecule has 0 heterocycles. The molecule has 0 aliphatic rings. The summed E-state index contributed by atoms with van der Waals surface area (Å²) in [4.78, 5) is 1.26. The SMILES string of the molecule is CSc1ccc(C(NN)c2ccccc2)cc1. The minimum Gasteiger partial charge on any atom is -0.271 e. The fourth-order valence-corrected chi connectivity index (χ4v) is 2.23. The normalized spacial score (nSPS) is 12.4. The van der Waals surface area contributed by atoms with Crippen LogP contribution in [-0.2, 0) is 0 Å². The first-order valence-electron chi connectivity index (χ1n) is 5.50. The summed E-state index contributed by atoms with van der Waals surface area (Å²) in [6, 6.07) is 18.7. The molecule has 1 atom stereocenters. The first-order chi connectivity index (χ1) is 8.35. The molecule has 0 spiro atoms. The van der Waals surface area contributed by atoms with E-state index in [4.69, 9.17) is 5.84 Å². The van der Waals surface area contributed by atoms with E-state index in [-0.39, 0.29) is 6.04 Å². The van der Waals surface area contributed by atoms with E-state index in [1.54, 1.807) is 11.8 Å². The van der Waals surface area contributed by atoms with Gasteiger partial charge >= 0.3 is 0 Å². The van der Waals surface area contributed by atoms with Crippen LogP contribution in [0, 0.1) is 0 Å². The molecule has 0 fully saturated rings. The van der Waals surface area contributed by atoms with Crippen molar-refractivity contribution in [1.82, 2.24) is 5.43 Å². The molecule has 2 aromatic carbocycles. The van der Waals surface area contributed by atoms with Crippen molar-refractivity contribution in [2.24, 2.45) is 5.84 Å². The highest BCUT2D eigenvalue weighted by Gasteiger charge is 2.11. The minimum atomic E-state index is 0.0482. The third kappa shape index (κ3) is 2.88. The molecule has 0 bridgehead atoms. The van der Waals surface area contributed by atoms with Crippen LogP contribution in [0.3, 0.4) is 0 Å². The molecule has 0 saturated heterocycles. The van der Waals surface area contributed by atoms with E-state index in [2.05, 4.69) is 48.1 Å². The van der Waals surface area contributed by atoms with Crippen LogP contribution in [0.15, 0.2) is 59.5 Å². The molecule has 3 N–H and O–H groups in total. The molecular weight excluding hydrogens is 228 g/mol. The number of rotatable bonds is 4. The maximum Gasteiger partial charge on any atom is 0.0710 e. The second kappa shape index (κ2) is 5.87. The highest BCUT2D eigenvalue weighted by atomic mass is 32.2. The van der Waals surface area contributed by atoms with Crippen molar-refractivity contribution in [2.45, 2.75) is 10.9 Å². The van der Waals surface area contributed by atoms with Gasteiger partial charge in [-0.05, 0) is 29.5 Å². The maximum absolute atomic E-state index is 5.65. The Morgan fingerprint density at radius 2 is 1.53 bits per heavy atom. The Hall–Kier alpha value is -1.29. The summed E-state index contributed by atoms with van der Waals surface area (Å²) < 4.78 is 0. The van der Waals surface area contributed by atoms with Gasteiger partial charge in [0.05, 0.1) is 6.04 Å². The molecule has 1 unspecified atom stereocenters. The number of nitrogens with two attached hydrogens (primary N) is 1. The van der Waals surface area contributed by atoms with Gasteiger partial charge < -0.3 is 0 Å². The number of benzene rings is 2. The standard InChI is InChI=1S/C14H16N2S/c1-17-13-9-7-12(8-10-13)14(16-15)11-5-3-2-4-6-11/h2-10,14,16H,15H2,1H3. The highest BCUT2D eigenvalue weighted by Crippen LogP contribution is 2.23. The van der Waals surface area contributed by atoms with Crippen LogP contribution in [0.25, 0.3) is 0 Å². The number of nitrogens with one attached hydrogen (secondary N) is 1. The predicted molar refractivity (Wildman–Crippen MR) is 73.8 cm³/mol. The van der Waals surface area contributed by atoms with Crippen LogP contribution in [0.2, 0.25) is 0 Å². The zero-order valence-corrected chi connectivity index (χ0v) is 10.6. The van der Waals surface area contributed by atoms with Gasteiger partial charge in [0.25, 0.3) is 0 Å². The van der Waals surface area contributed by atoms with E-state index in [1.165, 1.54) is 16.0 Å². The van der Waals surface area contributed by atoms with E-state index in [9.17, 15) is 0 Å². The number of hydrogen-bond donors (Lipinski definition) is 2. The summed E-state index contributed by atoms with van der Waals surface area (Å²) in [7, 11) is 0. The first-order valence-corrected chi connectivity index (χ1v) is 6.72. The summed E-state index contributed by atoms with van der Waals surface area (Å²) >= 11 is 1.74. The van der Waals surface area contributed by atoms with E-state index >= 15 is 0 Å². The van der Waals surface area contributed by atoms with Crippen molar-refractivity contribution in [3.05, 3.63) is 65.7 Å².